The van der Waals surface area contributed by atoms with E-state index in [2.05, 4.69) is 34.4 Å². The van der Waals surface area contributed by atoms with Crippen LogP contribution < -0.4 is 15.5 Å². The summed E-state index contributed by atoms with van der Waals surface area (Å²) in [4.78, 5) is 59.3. The van der Waals surface area contributed by atoms with Crippen molar-refractivity contribution in [3.05, 3.63) is 113 Å². The number of rotatable bonds is 25. The number of benzene rings is 3. The van der Waals surface area contributed by atoms with Crippen LogP contribution in [0.5, 0.6) is 0 Å². The molecule has 0 spiro atoms. The highest BCUT2D eigenvalue weighted by Crippen LogP contribution is 2.32. The molecular formula is C44H54FN5O8. The maximum absolute atomic E-state index is 13.8. The van der Waals surface area contributed by atoms with Gasteiger partial charge in [0, 0.05) is 67.4 Å². The van der Waals surface area contributed by atoms with Crippen molar-refractivity contribution in [2.45, 2.75) is 46.3 Å². The number of carboxylic acids is 1. The van der Waals surface area contributed by atoms with E-state index < -0.39 is 18.6 Å². The molecule has 0 bridgehead atoms. The second-order valence-corrected chi connectivity index (χ2v) is 13.5. The molecule has 3 aromatic carbocycles. The summed E-state index contributed by atoms with van der Waals surface area (Å²) in [6.07, 6.45) is 3.38. The lowest BCUT2D eigenvalue weighted by Crippen LogP contribution is -2.30. The van der Waals surface area contributed by atoms with Crippen molar-refractivity contribution in [3.8, 4) is 11.3 Å². The summed E-state index contributed by atoms with van der Waals surface area (Å²) in [5.41, 5.74) is 4.85. The predicted octanol–water partition coefficient (Wildman–Crippen LogP) is 6.62. The van der Waals surface area contributed by atoms with Crippen LogP contribution in [0.2, 0.25) is 0 Å². The van der Waals surface area contributed by atoms with Crippen molar-refractivity contribution in [2.75, 3.05) is 76.5 Å². The third-order valence-electron chi connectivity index (χ3n) is 8.99. The predicted molar refractivity (Wildman–Crippen MR) is 221 cm³/mol. The molecule has 310 valence electrons. The molecule has 58 heavy (non-hydrogen) atoms. The lowest BCUT2D eigenvalue weighted by Gasteiger charge is -2.25. The summed E-state index contributed by atoms with van der Waals surface area (Å²) in [6.45, 7) is 7.52. The number of nitrogens with zero attached hydrogens (tertiary/aromatic N) is 3. The van der Waals surface area contributed by atoms with Crippen LogP contribution in [0.4, 0.5) is 15.8 Å². The van der Waals surface area contributed by atoms with Gasteiger partial charge < -0.3 is 39.8 Å². The van der Waals surface area contributed by atoms with Crippen LogP contribution >= 0.6 is 0 Å². The van der Waals surface area contributed by atoms with Crippen molar-refractivity contribution < 1.29 is 42.9 Å². The number of carboxylic acid groups (broad SMARTS) is 1. The zero-order valence-corrected chi connectivity index (χ0v) is 33.5. The van der Waals surface area contributed by atoms with Gasteiger partial charge in [0.2, 0.25) is 0 Å². The molecule has 4 rings (SSSR count). The Morgan fingerprint density at radius 3 is 2.09 bits per heavy atom. The standard InChI is InChI=1S/C44H54FN5O8/c1-4-17-50(18-5-2)37-12-13-39(38(29-37)40-28-35(14-16-46-40)42(53)47-31-33-9-6-8-32(26-33)30-45)48-43(54)34-10-7-11-36(27-34)44(55)49(3)19-21-57-23-25-58-24-22-56-20-15-41(51)52/h6-14,16,26-29H,4-5,15,17-25,30-31H2,1-3H3,(H,47,53)(H,48,54)(H,51,52). The summed E-state index contributed by atoms with van der Waals surface area (Å²) >= 11 is 0. The van der Waals surface area contributed by atoms with E-state index in [0.717, 1.165) is 37.2 Å². The smallest absolute Gasteiger partial charge is 0.305 e. The van der Waals surface area contributed by atoms with E-state index in [1.165, 1.54) is 4.90 Å². The second kappa shape index (κ2) is 24.2. The number of halogens is 1. The topological polar surface area (TPSA) is 160 Å². The first-order chi connectivity index (χ1) is 28.1. The number of carbonyl (C=O) groups is 4. The van der Waals surface area contributed by atoms with Crippen LogP contribution in [0.3, 0.4) is 0 Å². The summed E-state index contributed by atoms with van der Waals surface area (Å²) in [7, 11) is 1.66. The minimum atomic E-state index is -0.914. The zero-order valence-electron chi connectivity index (χ0n) is 33.5. The first-order valence-corrected chi connectivity index (χ1v) is 19.5. The quantitative estimate of drug-likeness (QED) is 0.0622. The Morgan fingerprint density at radius 1 is 0.724 bits per heavy atom. The minimum absolute atomic E-state index is 0.0551. The van der Waals surface area contributed by atoms with Crippen LogP contribution in [-0.2, 0) is 32.2 Å². The van der Waals surface area contributed by atoms with E-state index in [1.807, 2.05) is 24.3 Å². The summed E-state index contributed by atoms with van der Waals surface area (Å²) in [5.74, 6) is -1.94. The lowest BCUT2D eigenvalue weighted by molar-refractivity contribution is -0.138. The van der Waals surface area contributed by atoms with Gasteiger partial charge in [-0.2, -0.15) is 0 Å². The van der Waals surface area contributed by atoms with Crippen molar-refractivity contribution in [1.82, 2.24) is 15.2 Å². The number of hydrogen-bond acceptors (Lipinski definition) is 9. The largest absolute Gasteiger partial charge is 0.481 e. The molecule has 0 saturated carbocycles. The Morgan fingerprint density at radius 2 is 1.38 bits per heavy atom. The number of carbonyl (C=O) groups excluding carboxylic acids is 3. The van der Waals surface area contributed by atoms with Gasteiger partial charge in [0.25, 0.3) is 17.7 Å². The van der Waals surface area contributed by atoms with Crippen molar-refractivity contribution in [3.63, 3.8) is 0 Å². The normalized spacial score (nSPS) is 10.9. The summed E-state index contributed by atoms with van der Waals surface area (Å²) < 4.78 is 29.4. The monoisotopic (exact) mass is 799 g/mol. The molecule has 0 saturated heterocycles. The number of amides is 3. The first-order valence-electron chi connectivity index (χ1n) is 19.5. The van der Waals surface area contributed by atoms with Gasteiger partial charge in [0.15, 0.2) is 0 Å². The molecule has 1 aromatic heterocycles. The molecule has 4 aromatic rings. The minimum Gasteiger partial charge on any atom is -0.481 e. The molecular weight excluding hydrogens is 746 g/mol. The van der Waals surface area contributed by atoms with E-state index in [9.17, 15) is 23.6 Å². The summed E-state index contributed by atoms with van der Waals surface area (Å²) in [5, 5.41) is 14.5. The molecule has 0 atom stereocenters. The average molecular weight is 800 g/mol. The van der Waals surface area contributed by atoms with Gasteiger partial charge in [0.1, 0.15) is 6.67 Å². The van der Waals surface area contributed by atoms with E-state index in [4.69, 9.17) is 19.3 Å². The molecule has 13 nitrogen and oxygen atoms in total. The third-order valence-corrected chi connectivity index (χ3v) is 8.99. The van der Waals surface area contributed by atoms with E-state index in [0.29, 0.717) is 66.6 Å². The van der Waals surface area contributed by atoms with Gasteiger partial charge in [-0.3, -0.25) is 24.2 Å². The van der Waals surface area contributed by atoms with Crippen LogP contribution in [0.25, 0.3) is 11.3 Å². The molecule has 3 amide bonds. The number of alkyl halides is 1. The van der Waals surface area contributed by atoms with Crippen molar-refractivity contribution in [2.24, 2.45) is 0 Å². The average Bonchev–Trinajstić information content (AvgIpc) is 3.24. The number of ether oxygens (including phenoxy) is 3. The maximum Gasteiger partial charge on any atom is 0.305 e. The fourth-order valence-electron chi connectivity index (χ4n) is 6.00. The first kappa shape index (κ1) is 45.0. The summed E-state index contributed by atoms with van der Waals surface area (Å²) in [6, 6.07) is 22.5. The highest BCUT2D eigenvalue weighted by molar-refractivity contribution is 6.08. The van der Waals surface area contributed by atoms with Gasteiger partial charge in [0.05, 0.1) is 57.4 Å². The Bertz CT molecular complexity index is 1950. The van der Waals surface area contributed by atoms with Gasteiger partial charge in [-0.05, 0) is 72.5 Å². The van der Waals surface area contributed by atoms with Gasteiger partial charge in [-0.1, -0.05) is 44.2 Å². The van der Waals surface area contributed by atoms with Gasteiger partial charge in [-0.15, -0.1) is 0 Å². The molecule has 14 heteroatoms. The van der Waals surface area contributed by atoms with E-state index in [1.54, 1.807) is 67.8 Å². The molecule has 0 aliphatic rings. The van der Waals surface area contributed by atoms with Gasteiger partial charge in [-0.25, -0.2) is 4.39 Å². The Hall–Kier alpha value is -5.70. The van der Waals surface area contributed by atoms with Crippen LogP contribution in [0.1, 0.15) is 75.3 Å². The van der Waals surface area contributed by atoms with Crippen molar-refractivity contribution in [1.29, 1.82) is 0 Å². The van der Waals surface area contributed by atoms with E-state index >= 15 is 0 Å². The SMILES string of the molecule is CCCN(CCC)c1ccc(NC(=O)c2cccc(C(=O)N(C)CCOCCOCCOCCC(=O)O)c2)c(-c2cc(C(=O)NCc3cccc(CF)c3)ccn2)c1. The number of anilines is 2. The van der Waals surface area contributed by atoms with Crippen LogP contribution in [0.15, 0.2) is 85.1 Å². The molecule has 0 fully saturated rings. The zero-order chi connectivity index (χ0) is 41.7. The third kappa shape index (κ3) is 14.4. The Balaban J connectivity index is 1.43. The highest BCUT2D eigenvalue weighted by atomic mass is 19.1. The number of likely N-dealkylation sites (N-methyl/N-ethyl adjacent to an activating group) is 1. The lowest BCUT2D eigenvalue weighted by atomic mass is 10.0. The second-order valence-electron chi connectivity index (χ2n) is 13.5. The Kier molecular flexibility index (Phi) is 18.7. The molecule has 1 heterocycles. The molecule has 0 radical (unpaired) electrons. The number of nitrogens with one attached hydrogen (secondary N) is 2. The maximum atomic E-state index is 13.8. The Labute approximate surface area is 339 Å². The number of hydrogen-bond donors (Lipinski definition) is 3. The molecule has 3 N–H and O–H groups in total. The van der Waals surface area contributed by atoms with Crippen LogP contribution in [-0.4, -0.2) is 105 Å². The number of pyridine rings is 1. The van der Waals surface area contributed by atoms with Crippen molar-refractivity contribution >= 4 is 35.1 Å². The molecule has 0 unspecified atom stereocenters. The van der Waals surface area contributed by atoms with Crippen LogP contribution in [0, 0.1) is 0 Å². The fourth-order valence-corrected chi connectivity index (χ4v) is 6.00. The fraction of sp³-hybridized carbons (Fsp3) is 0.386. The molecule has 0 aliphatic carbocycles. The van der Waals surface area contributed by atoms with Gasteiger partial charge >= 0.3 is 5.97 Å². The van der Waals surface area contributed by atoms with E-state index in [-0.39, 0.29) is 43.6 Å². The number of aliphatic carboxylic acids is 1. The number of aromatic nitrogens is 1. The highest BCUT2D eigenvalue weighted by Gasteiger charge is 2.19. The molecule has 0 aliphatic heterocycles.